The van der Waals surface area contributed by atoms with Gasteiger partial charge in [-0.1, -0.05) is 0 Å². The zero-order chi connectivity index (χ0) is 13.8. The molecule has 0 atom stereocenters. The number of hydrogen-bond donors (Lipinski definition) is 0. The molecule has 0 aliphatic heterocycles. The van der Waals surface area contributed by atoms with Crippen molar-refractivity contribution in [2.24, 2.45) is 0 Å². The van der Waals surface area contributed by atoms with Crippen LogP contribution in [0.15, 0.2) is 36.9 Å². The van der Waals surface area contributed by atoms with Crippen molar-refractivity contribution in [2.45, 2.75) is 6.92 Å². The van der Waals surface area contributed by atoms with Crippen molar-refractivity contribution in [1.82, 2.24) is 9.55 Å². The van der Waals surface area contributed by atoms with E-state index in [4.69, 9.17) is 4.74 Å². The summed E-state index contributed by atoms with van der Waals surface area (Å²) < 4.78 is 6.32. The van der Waals surface area contributed by atoms with Crippen LogP contribution in [0.3, 0.4) is 0 Å². The number of imidazole rings is 1. The monoisotopic (exact) mass is 261 g/mol. The Hall–Kier alpha value is -2.70. The van der Waals surface area contributed by atoms with Crippen molar-refractivity contribution >= 4 is 11.7 Å². The SMILES string of the molecule is CCOC(=O)c1ccc(-n2ccnc2)c([N+](=O)[O-])c1. The third kappa shape index (κ3) is 2.59. The van der Waals surface area contributed by atoms with Crippen molar-refractivity contribution in [1.29, 1.82) is 0 Å². The molecule has 0 saturated carbocycles. The minimum Gasteiger partial charge on any atom is -0.462 e. The maximum atomic E-state index is 11.6. The number of carbonyl (C=O) groups is 1. The molecule has 0 spiro atoms. The van der Waals surface area contributed by atoms with E-state index in [1.807, 2.05) is 0 Å². The molecule has 19 heavy (non-hydrogen) atoms. The molecule has 0 saturated heterocycles. The Bertz CT molecular complexity index is 607. The molecule has 0 aliphatic rings. The van der Waals surface area contributed by atoms with E-state index in [0.29, 0.717) is 5.69 Å². The maximum Gasteiger partial charge on any atom is 0.338 e. The average molecular weight is 261 g/mol. The van der Waals surface area contributed by atoms with Crippen LogP contribution in [0.25, 0.3) is 5.69 Å². The number of nitro benzene ring substituents is 1. The standard InChI is InChI=1S/C12H11N3O4/c1-2-19-12(16)9-3-4-10(11(7-9)15(17)18)14-6-5-13-8-14/h3-8H,2H2,1H3. The highest BCUT2D eigenvalue weighted by atomic mass is 16.6. The lowest BCUT2D eigenvalue weighted by atomic mass is 10.1. The number of benzene rings is 1. The number of rotatable bonds is 4. The van der Waals surface area contributed by atoms with Gasteiger partial charge in [-0.15, -0.1) is 0 Å². The molecule has 98 valence electrons. The number of nitrogens with zero attached hydrogens (tertiary/aromatic N) is 3. The van der Waals surface area contributed by atoms with E-state index >= 15 is 0 Å². The normalized spacial score (nSPS) is 10.2. The molecule has 7 nitrogen and oxygen atoms in total. The number of esters is 1. The number of carbonyl (C=O) groups excluding carboxylic acids is 1. The number of nitro groups is 1. The van der Waals surface area contributed by atoms with E-state index < -0.39 is 10.9 Å². The first-order valence-electron chi connectivity index (χ1n) is 5.57. The molecule has 1 aromatic heterocycles. The van der Waals surface area contributed by atoms with Crippen molar-refractivity contribution < 1.29 is 14.5 Å². The molecule has 0 radical (unpaired) electrons. The molecule has 0 unspecified atom stereocenters. The Balaban J connectivity index is 2.47. The molecule has 1 heterocycles. The predicted octanol–water partition coefficient (Wildman–Crippen LogP) is 1.96. The minimum atomic E-state index is -0.581. The van der Waals surface area contributed by atoms with Gasteiger partial charge in [0.1, 0.15) is 5.69 Å². The van der Waals surface area contributed by atoms with Gasteiger partial charge in [0.25, 0.3) is 5.69 Å². The van der Waals surface area contributed by atoms with E-state index in [-0.39, 0.29) is 17.9 Å². The smallest absolute Gasteiger partial charge is 0.338 e. The van der Waals surface area contributed by atoms with Gasteiger partial charge in [-0.25, -0.2) is 9.78 Å². The van der Waals surface area contributed by atoms with Gasteiger partial charge in [0, 0.05) is 18.5 Å². The fourth-order valence-electron chi connectivity index (χ4n) is 1.63. The highest BCUT2D eigenvalue weighted by molar-refractivity contribution is 5.90. The summed E-state index contributed by atoms with van der Waals surface area (Å²) in [5.74, 6) is -0.581. The Labute approximate surface area is 108 Å². The van der Waals surface area contributed by atoms with Gasteiger partial charge in [-0.2, -0.15) is 0 Å². The Morgan fingerprint density at radius 2 is 2.32 bits per heavy atom. The summed E-state index contributed by atoms with van der Waals surface area (Å²) in [5.41, 5.74) is 0.316. The van der Waals surface area contributed by atoms with Crippen LogP contribution in [0.4, 0.5) is 5.69 Å². The zero-order valence-corrected chi connectivity index (χ0v) is 10.1. The highest BCUT2D eigenvalue weighted by Gasteiger charge is 2.19. The summed E-state index contributed by atoms with van der Waals surface area (Å²) in [4.78, 5) is 25.9. The van der Waals surface area contributed by atoms with Crippen LogP contribution in [0, 0.1) is 10.1 Å². The first-order chi connectivity index (χ1) is 9.13. The molecule has 0 amide bonds. The zero-order valence-electron chi connectivity index (χ0n) is 10.1. The van der Waals surface area contributed by atoms with E-state index in [0.717, 1.165) is 0 Å². The minimum absolute atomic E-state index is 0.150. The van der Waals surface area contributed by atoms with Crippen LogP contribution in [0.2, 0.25) is 0 Å². The quantitative estimate of drug-likeness (QED) is 0.477. The van der Waals surface area contributed by atoms with E-state index in [2.05, 4.69) is 4.98 Å². The second-order valence-electron chi connectivity index (χ2n) is 3.65. The van der Waals surface area contributed by atoms with Crippen LogP contribution >= 0.6 is 0 Å². The molecule has 0 N–H and O–H groups in total. The Morgan fingerprint density at radius 3 is 2.89 bits per heavy atom. The second kappa shape index (κ2) is 5.30. The number of aromatic nitrogens is 2. The fourth-order valence-corrected chi connectivity index (χ4v) is 1.63. The van der Waals surface area contributed by atoms with E-state index in [1.54, 1.807) is 13.1 Å². The largest absolute Gasteiger partial charge is 0.462 e. The Morgan fingerprint density at radius 1 is 1.53 bits per heavy atom. The topological polar surface area (TPSA) is 87.3 Å². The molecule has 0 aliphatic carbocycles. The second-order valence-corrected chi connectivity index (χ2v) is 3.65. The van der Waals surface area contributed by atoms with Crippen LogP contribution < -0.4 is 0 Å². The van der Waals surface area contributed by atoms with Crippen molar-refractivity contribution in [2.75, 3.05) is 6.61 Å². The third-order valence-corrected chi connectivity index (χ3v) is 2.47. The number of ether oxygens (including phenoxy) is 1. The van der Waals surface area contributed by atoms with E-state index in [9.17, 15) is 14.9 Å². The summed E-state index contributed by atoms with van der Waals surface area (Å²) >= 11 is 0. The molecule has 7 heteroatoms. The Kier molecular flexibility index (Phi) is 3.56. The first kappa shape index (κ1) is 12.7. The lowest BCUT2D eigenvalue weighted by molar-refractivity contribution is -0.384. The van der Waals surface area contributed by atoms with Crippen LogP contribution in [-0.2, 0) is 4.74 Å². The van der Waals surface area contributed by atoms with Crippen LogP contribution in [0.5, 0.6) is 0 Å². The molecular weight excluding hydrogens is 250 g/mol. The lowest BCUT2D eigenvalue weighted by Crippen LogP contribution is -2.06. The van der Waals surface area contributed by atoms with Crippen molar-refractivity contribution in [3.8, 4) is 5.69 Å². The van der Waals surface area contributed by atoms with E-state index in [1.165, 1.54) is 35.3 Å². The molecule has 2 aromatic rings. The van der Waals surface area contributed by atoms with Gasteiger partial charge in [0.15, 0.2) is 0 Å². The summed E-state index contributed by atoms with van der Waals surface area (Å²) in [5, 5.41) is 11.1. The first-order valence-corrected chi connectivity index (χ1v) is 5.57. The molecule has 2 rings (SSSR count). The third-order valence-electron chi connectivity index (χ3n) is 2.47. The highest BCUT2D eigenvalue weighted by Crippen LogP contribution is 2.24. The van der Waals surface area contributed by atoms with Gasteiger partial charge in [-0.05, 0) is 19.1 Å². The summed E-state index contributed by atoms with van der Waals surface area (Å²) in [6.07, 6.45) is 4.56. The predicted molar refractivity (Wildman–Crippen MR) is 66.2 cm³/mol. The number of hydrogen-bond acceptors (Lipinski definition) is 5. The molecule has 0 bridgehead atoms. The van der Waals surface area contributed by atoms with Crippen LogP contribution in [0.1, 0.15) is 17.3 Å². The molecular formula is C12H11N3O4. The molecule has 0 fully saturated rings. The van der Waals surface area contributed by atoms with Gasteiger partial charge < -0.3 is 9.30 Å². The van der Waals surface area contributed by atoms with Gasteiger partial charge in [0.2, 0.25) is 0 Å². The van der Waals surface area contributed by atoms with Crippen molar-refractivity contribution in [3.05, 3.63) is 52.6 Å². The summed E-state index contributed by atoms with van der Waals surface area (Å²) in [7, 11) is 0. The van der Waals surface area contributed by atoms with Crippen LogP contribution in [-0.4, -0.2) is 27.1 Å². The van der Waals surface area contributed by atoms with Gasteiger partial charge in [0.05, 0.1) is 23.4 Å². The van der Waals surface area contributed by atoms with Gasteiger partial charge >= 0.3 is 5.97 Å². The lowest BCUT2D eigenvalue weighted by Gasteiger charge is -2.06. The average Bonchev–Trinajstić information content (AvgIpc) is 2.92. The van der Waals surface area contributed by atoms with Crippen molar-refractivity contribution in [3.63, 3.8) is 0 Å². The van der Waals surface area contributed by atoms with Gasteiger partial charge in [-0.3, -0.25) is 10.1 Å². The summed E-state index contributed by atoms with van der Waals surface area (Å²) in [6.45, 7) is 1.89. The maximum absolute atomic E-state index is 11.6. The molecule has 1 aromatic carbocycles. The summed E-state index contributed by atoms with van der Waals surface area (Å²) in [6, 6.07) is 4.18. The fraction of sp³-hybridized carbons (Fsp3) is 0.167.